The van der Waals surface area contributed by atoms with Gasteiger partial charge in [-0.1, -0.05) is 230 Å². The Balaban J connectivity index is 1.09. The molecule has 4 aliphatic rings. The van der Waals surface area contributed by atoms with Crippen molar-refractivity contribution in [1.82, 2.24) is 0 Å². The van der Waals surface area contributed by atoms with E-state index in [-0.39, 0.29) is 0 Å². The molecule has 1 nitrogen and oxygen atoms in total. The van der Waals surface area contributed by atoms with E-state index in [1.165, 1.54) is 108 Å². The zero-order valence-corrected chi connectivity index (χ0v) is 39.1. The van der Waals surface area contributed by atoms with E-state index in [0.717, 1.165) is 17.1 Å². The first-order valence-corrected chi connectivity index (χ1v) is 25.5. The third kappa shape index (κ3) is 5.19. The normalized spacial score (nSPS) is 14.5. The van der Waals surface area contributed by atoms with Gasteiger partial charge < -0.3 is 4.90 Å². The van der Waals surface area contributed by atoms with Gasteiger partial charge in [-0.3, -0.25) is 0 Å². The molecule has 0 radical (unpaired) electrons. The van der Waals surface area contributed by atoms with Crippen LogP contribution in [-0.4, -0.2) is 0 Å². The molecule has 2 heterocycles. The summed E-state index contributed by atoms with van der Waals surface area (Å²) in [7, 11) is 0. The number of hydrogen-bond donors (Lipinski definition) is 0. The minimum atomic E-state index is -0.520. The summed E-state index contributed by atoms with van der Waals surface area (Å²) in [6.45, 7) is 0. The SMILES string of the molecule is c1ccc(-c2ccc(N(c3cccc4c3-c3ccccc3C43c4ccccc4Sc4ccccc43)c3cccc4c3-c3ccccc3C43c4ccccc4Sc4ccccc43)c3ccccc23)cc1. The van der Waals surface area contributed by atoms with E-state index in [1.54, 1.807) is 0 Å². The van der Waals surface area contributed by atoms with Crippen LogP contribution < -0.4 is 4.90 Å². The lowest BCUT2D eigenvalue weighted by atomic mass is 9.67. The molecule has 0 N–H and O–H groups in total. The highest BCUT2D eigenvalue weighted by molar-refractivity contribution is 7.99. The van der Waals surface area contributed by atoms with E-state index in [1.807, 2.05) is 23.5 Å². The van der Waals surface area contributed by atoms with E-state index in [2.05, 4.69) is 254 Å². The molecule has 0 fully saturated rings. The second-order valence-electron chi connectivity index (χ2n) is 18.6. The van der Waals surface area contributed by atoms with Crippen LogP contribution in [0, 0.1) is 0 Å². The molecule has 0 unspecified atom stereocenters. The first kappa shape index (κ1) is 39.2. The van der Waals surface area contributed by atoms with Crippen LogP contribution in [0.5, 0.6) is 0 Å². The molecule has 2 aliphatic carbocycles. The third-order valence-electron chi connectivity index (χ3n) is 15.4. The standard InChI is InChI=1S/C66H41NS2/c1-2-20-42(21-3-1)43-40-41-56(45-23-5-4-22-44(43)45)67(57-34-18-32-54-63(57)46-24-6-8-26-48(46)65(54)50-28-10-14-36-59(50)68-60-37-15-11-29-51(60)65)58-35-19-33-55-64(58)47-25-7-9-27-49(47)66(55)52-30-12-16-38-61(52)69-62-39-17-13-31-53(62)66/h1-41H. The molecule has 0 amide bonds. The molecule has 3 heteroatoms. The molecule has 15 rings (SSSR count). The topological polar surface area (TPSA) is 3.24 Å². The Kier molecular flexibility index (Phi) is 8.43. The molecule has 11 aromatic rings. The molecule has 0 saturated heterocycles. The van der Waals surface area contributed by atoms with E-state index in [4.69, 9.17) is 0 Å². The van der Waals surface area contributed by atoms with E-state index < -0.39 is 10.8 Å². The Morgan fingerprint density at radius 1 is 0.246 bits per heavy atom. The maximum absolute atomic E-state index is 2.64. The van der Waals surface area contributed by atoms with Gasteiger partial charge in [0, 0.05) is 36.1 Å². The number of rotatable bonds is 4. The minimum Gasteiger partial charge on any atom is -0.309 e. The lowest BCUT2D eigenvalue weighted by Gasteiger charge is -2.40. The van der Waals surface area contributed by atoms with Gasteiger partial charge in [0.2, 0.25) is 0 Å². The summed E-state index contributed by atoms with van der Waals surface area (Å²) < 4.78 is 0. The van der Waals surface area contributed by atoms with Gasteiger partial charge in [-0.2, -0.15) is 0 Å². The van der Waals surface area contributed by atoms with Crippen molar-refractivity contribution >= 4 is 51.4 Å². The highest BCUT2D eigenvalue weighted by atomic mass is 32.2. The van der Waals surface area contributed by atoms with Crippen molar-refractivity contribution in [3.8, 4) is 33.4 Å². The summed E-state index contributed by atoms with van der Waals surface area (Å²) in [6, 6.07) is 93.9. The zero-order chi connectivity index (χ0) is 45.3. The van der Waals surface area contributed by atoms with Crippen molar-refractivity contribution in [2.75, 3.05) is 4.90 Å². The average molecular weight is 912 g/mol. The predicted octanol–water partition coefficient (Wildman–Crippen LogP) is 17.6. The van der Waals surface area contributed by atoms with Gasteiger partial charge >= 0.3 is 0 Å². The monoisotopic (exact) mass is 911 g/mol. The van der Waals surface area contributed by atoms with Crippen LogP contribution in [-0.2, 0) is 10.8 Å². The molecule has 69 heavy (non-hydrogen) atoms. The van der Waals surface area contributed by atoms with Crippen molar-refractivity contribution < 1.29 is 0 Å². The Bertz CT molecular complexity index is 3660. The molecule has 0 saturated carbocycles. The number of fused-ring (bicyclic) bond motifs is 19. The highest BCUT2D eigenvalue weighted by Gasteiger charge is 2.53. The molecule has 322 valence electrons. The zero-order valence-electron chi connectivity index (χ0n) is 37.4. The maximum atomic E-state index is 2.64. The molecule has 11 aromatic carbocycles. The lowest BCUT2D eigenvalue weighted by Crippen LogP contribution is -2.32. The van der Waals surface area contributed by atoms with Gasteiger partial charge in [-0.05, 0) is 115 Å². The fraction of sp³-hybridized carbons (Fsp3) is 0.0303. The number of benzene rings is 11. The van der Waals surface area contributed by atoms with E-state index in [0.29, 0.717) is 0 Å². The Morgan fingerprint density at radius 3 is 1.10 bits per heavy atom. The van der Waals surface area contributed by atoms with Gasteiger partial charge in [0.05, 0.1) is 27.9 Å². The first-order chi connectivity index (χ1) is 34.3. The smallest absolute Gasteiger partial charge is 0.0736 e. The maximum Gasteiger partial charge on any atom is 0.0736 e. The van der Waals surface area contributed by atoms with Gasteiger partial charge in [-0.25, -0.2) is 0 Å². The Hall–Kier alpha value is -7.82. The van der Waals surface area contributed by atoms with E-state index in [9.17, 15) is 0 Å². The van der Waals surface area contributed by atoms with Crippen molar-refractivity contribution in [2.24, 2.45) is 0 Å². The van der Waals surface area contributed by atoms with Crippen LogP contribution >= 0.6 is 23.5 Å². The fourth-order valence-corrected chi connectivity index (χ4v) is 15.3. The molecule has 2 aliphatic heterocycles. The fourth-order valence-electron chi connectivity index (χ4n) is 12.9. The van der Waals surface area contributed by atoms with Gasteiger partial charge in [0.15, 0.2) is 0 Å². The summed E-state index contributed by atoms with van der Waals surface area (Å²) in [5, 5.41) is 2.42. The van der Waals surface area contributed by atoms with Crippen LogP contribution in [0.25, 0.3) is 44.2 Å². The number of anilines is 3. The van der Waals surface area contributed by atoms with Gasteiger partial charge in [-0.15, -0.1) is 0 Å². The van der Waals surface area contributed by atoms with Crippen LogP contribution in [0.3, 0.4) is 0 Å². The largest absolute Gasteiger partial charge is 0.309 e. The van der Waals surface area contributed by atoms with Crippen LogP contribution in [0.1, 0.15) is 44.5 Å². The van der Waals surface area contributed by atoms with Crippen molar-refractivity contribution in [3.05, 3.63) is 293 Å². The lowest BCUT2D eigenvalue weighted by molar-refractivity contribution is 0.722. The third-order valence-corrected chi connectivity index (χ3v) is 17.7. The molecular formula is C66H41NS2. The minimum absolute atomic E-state index is 0.520. The highest BCUT2D eigenvalue weighted by Crippen LogP contribution is 2.67. The van der Waals surface area contributed by atoms with Crippen LogP contribution in [0.4, 0.5) is 17.1 Å². The Morgan fingerprint density at radius 2 is 0.623 bits per heavy atom. The van der Waals surface area contributed by atoms with Crippen LogP contribution in [0.15, 0.2) is 268 Å². The molecule has 0 atom stereocenters. The molecular weight excluding hydrogens is 871 g/mol. The quantitative estimate of drug-likeness (QED) is 0.173. The predicted molar refractivity (Wildman–Crippen MR) is 287 cm³/mol. The number of nitrogens with zero attached hydrogens (tertiary/aromatic N) is 1. The summed E-state index contributed by atoms with van der Waals surface area (Å²) >= 11 is 3.79. The van der Waals surface area contributed by atoms with E-state index >= 15 is 0 Å². The van der Waals surface area contributed by atoms with Crippen molar-refractivity contribution in [2.45, 2.75) is 30.4 Å². The van der Waals surface area contributed by atoms with Crippen molar-refractivity contribution in [3.63, 3.8) is 0 Å². The summed E-state index contributed by atoms with van der Waals surface area (Å²) in [5.74, 6) is 0. The number of hydrogen-bond acceptors (Lipinski definition) is 3. The summed E-state index contributed by atoms with van der Waals surface area (Å²) in [6.07, 6.45) is 0. The molecule has 0 bridgehead atoms. The Labute approximate surface area is 410 Å². The average Bonchev–Trinajstić information content (AvgIpc) is 3.88. The van der Waals surface area contributed by atoms with Gasteiger partial charge in [0.1, 0.15) is 0 Å². The second-order valence-corrected chi connectivity index (χ2v) is 20.7. The van der Waals surface area contributed by atoms with Crippen molar-refractivity contribution in [1.29, 1.82) is 0 Å². The molecule has 0 aromatic heterocycles. The second kappa shape index (κ2) is 14.8. The summed E-state index contributed by atoms with van der Waals surface area (Å²) in [4.78, 5) is 7.86. The molecule has 2 spiro atoms. The van der Waals surface area contributed by atoms with Gasteiger partial charge in [0.25, 0.3) is 0 Å². The summed E-state index contributed by atoms with van der Waals surface area (Å²) in [5.41, 5.74) is 20.6. The van der Waals surface area contributed by atoms with Crippen LogP contribution in [0.2, 0.25) is 0 Å². The first-order valence-electron chi connectivity index (χ1n) is 23.8.